The number of allylic oxidation sites excluding steroid dienone is 2. The summed E-state index contributed by atoms with van der Waals surface area (Å²) in [7, 11) is 1.99. The molecule has 2 N–H and O–H groups in total. The molecule has 0 amide bonds. The predicted molar refractivity (Wildman–Crippen MR) is 73.1 cm³/mol. The average molecular weight is 356 g/mol. The first kappa shape index (κ1) is 15.2. The van der Waals surface area contributed by atoms with Crippen molar-refractivity contribution >= 4 is 11.4 Å². The van der Waals surface area contributed by atoms with E-state index in [1.54, 1.807) is 0 Å². The zero-order valence-corrected chi connectivity index (χ0v) is 13.4. The molecule has 0 bridgehead atoms. The molecule has 0 heterocycles. The molecule has 2 rings (SSSR count). The van der Waals surface area contributed by atoms with Crippen molar-refractivity contribution in [1.29, 1.82) is 0 Å². The Balaban J connectivity index is 0.00000162. The molecule has 3 heteroatoms. The summed E-state index contributed by atoms with van der Waals surface area (Å²) in [5.74, 6) is 0. The van der Waals surface area contributed by atoms with Crippen LogP contribution in [0.3, 0.4) is 0 Å². The molecule has 1 aromatic rings. The maximum absolute atomic E-state index is 3.50. The minimum Gasteiger partial charge on any atom is -1.00 e. The Hall–Kier alpha value is -0.840. The van der Waals surface area contributed by atoms with Crippen LogP contribution in [0.4, 0.5) is 5.69 Å². The maximum atomic E-state index is 3.50. The second-order valence-electron chi connectivity index (χ2n) is 5.45. The highest BCUT2D eigenvalue weighted by molar-refractivity contribution is 5.92. The molecule has 0 atom stereocenters. The molecule has 0 saturated heterocycles. The fraction of sp³-hybridized carbons (Fsp3) is 0.400. The highest BCUT2D eigenvalue weighted by Crippen LogP contribution is 2.33. The van der Waals surface area contributed by atoms with E-state index >= 15 is 0 Å². The smallest absolute Gasteiger partial charge is 0.176 e. The molecule has 2 nitrogen and oxygen atoms in total. The SMILES string of the molecule is C[NH+]=C1C=C(Nc2ccccc2)CC(C)(C)C1.[I-]. The standard InChI is InChI=1S/C15H20N2.HI/c1-15(2)10-13(16-3)9-14(11-15)17-12-7-5-4-6-8-12;/h4-9,17H,10-11H2,1-3H3;1H. The molecule has 1 aromatic carbocycles. The van der Waals surface area contributed by atoms with E-state index in [0.717, 1.165) is 18.5 Å². The van der Waals surface area contributed by atoms with Crippen molar-refractivity contribution in [3.8, 4) is 0 Å². The Labute approximate surface area is 127 Å². The Morgan fingerprint density at radius 1 is 1.11 bits per heavy atom. The van der Waals surface area contributed by atoms with E-state index < -0.39 is 0 Å². The summed E-state index contributed by atoms with van der Waals surface area (Å²) in [6.45, 7) is 4.62. The molecular weight excluding hydrogens is 335 g/mol. The molecule has 1 aliphatic rings. The van der Waals surface area contributed by atoms with Gasteiger partial charge in [0.15, 0.2) is 5.71 Å². The molecule has 0 radical (unpaired) electrons. The summed E-state index contributed by atoms with van der Waals surface area (Å²) >= 11 is 0. The van der Waals surface area contributed by atoms with Gasteiger partial charge in [-0.25, -0.2) is 4.99 Å². The number of nitrogens with one attached hydrogen (secondary N) is 2. The second-order valence-corrected chi connectivity index (χ2v) is 5.45. The molecule has 0 saturated carbocycles. The van der Waals surface area contributed by atoms with E-state index in [2.05, 4.69) is 54.5 Å². The van der Waals surface area contributed by atoms with Crippen LogP contribution in [0.2, 0.25) is 0 Å². The lowest BCUT2D eigenvalue weighted by Crippen LogP contribution is -3.00. The minimum atomic E-state index is 0. The maximum Gasteiger partial charge on any atom is 0.176 e. The fourth-order valence-electron chi connectivity index (χ4n) is 2.35. The van der Waals surface area contributed by atoms with E-state index in [-0.39, 0.29) is 24.0 Å². The number of benzene rings is 1. The van der Waals surface area contributed by atoms with Crippen molar-refractivity contribution in [2.24, 2.45) is 5.41 Å². The van der Waals surface area contributed by atoms with E-state index in [1.807, 2.05) is 13.1 Å². The third-order valence-electron chi connectivity index (χ3n) is 3.09. The van der Waals surface area contributed by atoms with Gasteiger partial charge in [-0.1, -0.05) is 32.0 Å². The lowest BCUT2D eigenvalue weighted by molar-refractivity contribution is -0.421. The largest absolute Gasteiger partial charge is 1.00 e. The Morgan fingerprint density at radius 2 is 1.78 bits per heavy atom. The summed E-state index contributed by atoms with van der Waals surface area (Å²) in [5, 5.41) is 3.50. The van der Waals surface area contributed by atoms with Gasteiger partial charge in [0, 0.05) is 23.9 Å². The Kier molecular flexibility index (Phi) is 5.38. The van der Waals surface area contributed by atoms with Crippen molar-refractivity contribution in [3.63, 3.8) is 0 Å². The number of hydrogen-bond donors (Lipinski definition) is 2. The van der Waals surface area contributed by atoms with Crippen LogP contribution in [-0.4, -0.2) is 12.8 Å². The average Bonchev–Trinajstić information content (AvgIpc) is 2.28. The zero-order valence-electron chi connectivity index (χ0n) is 11.3. The quantitative estimate of drug-likeness (QED) is 0.651. The summed E-state index contributed by atoms with van der Waals surface area (Å²) in [6.07, 6.45) is 4.44. The second kappa shape index (κ2) is 6.36. The number of hydrogen-bond acceptors (Lipinski definition) is 1. The lowest BCUT2D eigenvalue weighted by Gasteiger charge is -2.29. The van der Waals surface area contributed by atoms with E-state index in [0.29, 0.717) is 5.41 Å². The topological polar surface area (TPSA) is 26.0 Å². The number of para-hydroxylation sites is 1. The van der Waals surface area contributed by atoms with Crippen molar-refractivity contribution < 1.29 is 29.0 Å². The zero-order chi connectivity index (χ0) is 12.3. The lowest BCUT2D eigenvalue weighted by atomic mass is 9.78. The Bertz CT molecular complexity index is 447. The van der Waals surface area contributed by atoms with E-state index in [4.69, 9.17) is 0 Å². The van der Waals surface area contributed by atoms with Gasteiger partial charge in [-0.05, 0) is 24.0 Å². The van der Waals surface area contributed by atoms with Crippen molar-refractivity contribution in [3.05, 3.63) is 42.1 Å². The van der Waals surface area contributed by atoms with Gasteiger partial charge in [0.1, 0.15) is 7.05 Å². The Morgan fingerprint density at radius 3 is 2.39 bits per heavy atom. The third kappa shape index (κ3) is 4.12. The predicted octanol–water partition coefficient (Wildman–Crippen LogP) is -1.04. The van der Waals surface area contributed by atoms with E-state index in [1.165, 1.54) is 11.4 Å². The van der Waals surface area contributed by atoms with Gasteiger partial charge in [-0.15, -0.1) is 0 Å². The van der Waals surface area contributed by atoms with Crippen molar-refractivity contribution in [2.45, 2.75) is 26.7 Å². The first-order valence-corrected chi connectivity index (χ1v) is 6.15. The first-order chi connectivity index (χ1) is 8.09. The van der Waals surface area contributed by atoms with Crippen LogP contribution >= 0.6 is 0 Å². The number of rotatable bonds is 2. The van der Waals surface area contributed by atoms with Gasteiger partial charge in [0.05, 0.1) is 0 Å². The third-order valence-corrected chi connectivity index (χ3v) is 3.09. The molecule has 0 aromatic heterocycles. The first-order valence-electron chi connectivity index (χ1n) is 6.15. The highest BCUT2D eigenvalue weighted by atomic mass is 127. The molecule has 0 spiro atoms. The molecule has 0 aliphatic heterocycles. The van der Waals surface area contributed by atoms with Gasteiger partial charge < -0.3 is 29.3 Å². The van der Waals surface area contributed by atoms with Crippen LogP contribution in [0.1, 0.15) is 26.7 Å². The molecule has 0 unspecified atom stereocenters. The van der Waals surface area contributed by atoms with Crippen molar-refractivity contribution in [1.82, 2.24) is 0 Å². The summed E-state index contributed by atoms with van der Waals surface area (Å²) in [4.78, 5) is 3.28. The van der Waals surface area contributed by atoms with Crippen LogP contribution in [0.25, 0.3) is 0 Å². The van der Waals surface area contributed by atoms with E-state index in [9.17, 15) is 0 Å². The number of halogens is 1. The van der Waals surface area contributed by atoms with Crippen LogP contribution in [-0.2, 0) is 0 Å². The molecular formula is C15H21IN2. The molecule has 18 heavy (non-hydrogen) atoms. The van der Waals surface area contributed by atoms with Crippen LogP contribution in [0.5, 0.6) is 0 Å². The molecule has 98 valence electrons. The van der Waals surface area contributed by atoms with Gasteiger partial charge in [0.2, 0.25) is 0 Å². The van der Waals surface area contributed by atoms with Gasteiger partial charge in [-0.2, -0.15) is 0 Å². The van der Waals surface area contributed by atoms with Crippen LogP contribution in [0.15, 0.2) is 42.1 Å². The van der Waals surface area contributed by atoms with Crippen LogP contribution in [0, 0.1) is 5.41 Å². The summed E-state index contributed by atoms with van der Waals surface area (Å²) in [5.41, 5.74) is 4.08. The van der Waals surface area contributed by atoms with Crippen molar-refractivity contribution in [2.75, 3.05) is 12.4 Å². The minimum absolute atomic E-state index is 0. The fourth-order valence-corrected chi connectivity index (χ4v) is 2.35. The normalized spacial score (nSPS) is 19.9. The summed E-state index contributed by atoms with van der Waals surface area (Å²) in [6, 6.07) is 10.3. The summed E-state index contributed by atoms with van der Waals surface area (Å²) < 4.78 is 0. The van der Waals surface area contributed by atoms with Gasteiger partial charge in [-0.3, -0.25) is 0 Å². The van der Waals surface area contributed by atoms with Crippen LogP contribution < -0.4 is 34.3 Å². The number of anilines is 1. The van der Waals surface area contributed by atoms with Gasteiger partial charge in [0.25, 0.3) is 0 Å². The van der Waals surface area contributed by atoms with Gasteiger partial charge >= 0.3 is 0 Å². The molecule has 1 aliphatic carbocycles. The molecule has 0 fully saturated rings. The monoisotopic (exact) mass is 356 g/mol. The highest BCUT2D eigenvalue weighted by Gasteiger charge is 2.28.